The largest absolute Gasteiger partial charge is 0.390 e. The van der Waals surface area contributed by atoms with Crippen LogP contribution in [0.25, 0.3) is 0 Å². The van der Waals surface area contributed by atoms with Gasteiger partial charge in [-0.3, -0.25) is 4.98 Å². The van der Waals surface area contributed by atoms with Crippen molar-refractivity contribution in [3.05, 3.63) is 53.9 Å². The van der Waals surface area contributed by atoms with Gasteiger partial charge in [-0.2, -0.15) is 0 Å². The average molecular weight is 254 g/mol. The lowest BCUT2D eigenvalue weighted by molar-refractivity contribution is 0.277. The molecule has 0 unspecified atom stereocenters. The van der Waals surface area contributed by atoms with Crippen LogP contribution in [-0.2, 0) is 13.0 Å². The number of hydrogen-bond acceptors (Lipinski definition) is 3. The van der Waals surface area contributed by atoms with Crippen LogP contribution in [0, 0.1) is 0 Å². The number of anilines is 2. The van der Waals surface area contributed by atoms with Gasteiger partial charge in [0, 0.05) is 24.1 Å². The minimum atomic E-state index is -0.0106. The van der Waals surface area contributed by atoms with Crippen LogP contribution in [0.5, 0.6) is 0 Å². The quantitative estimate of drug-likeness (QED) is 0.894. The van der Waals surface area contributed by atoms with Crippen LogP contribution >= 0.6 is 0 Å². The highest BCUT2D eigenvalue weighted by atomic mass is 16.3. The van der Waals surface area contributed by atoms with Crippen molar-refractivity contribution < 1.29 is 5.11 Å². The molecule has 2 heterocycles. The van der Waals surface area contributed by atoms with Crippen molar-refractivity contribution in [3.8, 4) is 0 Å². The third-order valence-corrected chi connectivity index (χ3v) is 3.63. The lowest BCUT2D eigenvalue weighted by Gasteiger charge is -2.25. The zero-order valence-electron chi connectivity index (χ0n) is 10.9. The number of nitrogens with zero attached hydrogens (tertiary/aromatic N) is 2. The van der Waals surface area contributed by atoms with Gasteiger partial charge >= 0.3 is 0 Å². The van der Waals surface area contributed by atoms with Crippen molar-refractivity contribution in [3.63, 3.8) is 0 Å². The Balaban J connectivity index is 2.03. The number of para-hydroxylation sites is 1. The number of aliphatic hydroxyl groups is 1. The normalized spacial score (nSPS) is 14.9. The molecule has 2 aromatic rings. The van der Waals surface area contributed by atoms with Crippen LogP contribution in [0.15, 0.2) is 42.6 Å². The summed E-state index contributed by atoms with van der Waals surface area (Å²) in [5.74, 6) is 0. The Kier molecular flexibility index (Phi) is 3.47. The van der Waals surface area contributed by atoms with Gasteiger partial charge in [0.15, 0.2) is 0 Å². The highest BCUT2D eigenvalue weighted by molar-refractivity contribution is 5.67. The summed E-state index contributed by atoms with van der Waals surface area (Å²) >= 11 is 0. The molecule has 98 valence electrons. The summed E-state index contributed by atoms with van der Waals surface area (Å²) in [4.78, 5) is 6.49. The van der Waals surface area contributed by atoms with Crippen LogP contribution in [-0.4, -0.2) is 16.6 Å². The molecule has 0 bridgehead atoms. The van der Waals surface area contributed by atoms with E-state index in [9.17, 15) is 5.11 Å². The third-order valence-electron chi connectivity index (χ3n) is 3.63. The van der Waals surface area contributed by atoms with Crippen molar-refractivity contribution in [2.24, 2.45) is 0 Å². The van der Waals surface area contributed by atoms with Crippen molar-refractivity contribution in [2.75, 3.05) is 11.4 Å². The monoisotopic (exact) mass is 254 g/mol. The van der Waals surface area contributed by atoms with E-state index < -0.39 is 0 Å². The van der Waals surface area contributed by atoms with Gasteiger partial charge in [0.05, 0.1) is 12.3 Å². The highest BCUT2D eigenvalue weighted by Crippen LogP contribution is 2.32. The molecule has 1 aliphatic rings. The smallest absolute Gasteiger partial charge is 0.0853 e. The number of rotatable bonds is 2. The van der Waals surface area contributed by atoms with E-state index in [1.54, 1.807) is 6.20 Å². The number of hydrogen-bond donors (Lipinski definition) is 1. The van der Waals surface area contributed by atoms with Crippen molar-refractivity contribution >= 4 is 11.4 Å². The molecule has 0 aliphatic carbocycles. The summed E-state index contributed by atoms with van der Waals surface area (Å²) in [6, 6.07) is 12.6. The molecule has 0 saturated carbocycles. The molecule has 0 fully saturated rings. The van der Waals surface area contributed by atoms with Crippen LogP contribution in [0.1, 0.15) is 24.1 Å². The molecule has 0 atom stereocenters. The van der Waals surface area contributed by atoms with E-state index in [1.165, 1.54) is 24.1 Å². The summed E-state index contributed by atoms with van der Waals surface area (Å²) in [6.07, 6.45) is 5.33. The molecular weight excluding hydrogens is 236 g/mol. The first-order valence-corrected chi connectivity index (χ1v) is 6.80. The molecule has 3 heteroatoms. The van der Waals surface area contributed by atoms with Gasteiger partial charge in [-0.15, -0.1) is 0 Å². The molecule has 1 aromatic carbocycles. The maximum absolute atomic E-state index is 9.23. The van der Waals surface area contributed by atoms with Crippen LogP contribution in [0.4, 0.5) is 11.4 Å². The maximum Gasteiger partial charge on any atom is 0.0853 e. The minimum Gasteiger partial charge on any atom is -0.390 e. The molecule has 1 aromatic heterocycles. The second-order valence-electron chi connectivity index (χ2n) is 4.90. The van der Waals surface area contributed by atoms with E-state index in [0.29, 0.717) is 0 Å². The molecule has 0 amide bonds. The summed E-state index contributed by atoms with van der Waals surface area (Å²) in [5, 5.41) is 9.23. The molecule has 0 radical (unpaired) electrons. The number of aliphatic hydroxyl groups excluding tert-OH is 1. The predicted octanol–water partition coefficient (Wildman–Crippen LogP) is 3.05. The van der Waals surface area contributed by atoms with E-state index >= 15 is 0 Å². The van der Waals surface area contributed by atoms with Crippen molar-refractivity contribution in [2.45, 2.75) is 25.9 Å². The molecular formula is C16H18N2O. The fourth-order valence-corrected chi connectivity index (χ4v) is 2.68. The van der Waals surface area contributed by atoms with Crippen molar-refractivity contribution in [1.29, 1.82) is 0 Å². The standard InChI is InChI=1S/C16H18N2O/c19-12-14-11-15(8-9-17-14)18-10-4-3-6-13-5-1-2-7-16(13)18/h1-2,5,7-9,11,19H,3-4,6,10,12H2. The number of pyridine rings is 1. The zero-order chi connectivity index (χ0) is 13.1. The van der Waals surface area contributed by atoms with Gasteiger partial charge in [0.25, 0.3) is 0 Å². The Hall–Kier alpha value is -1.87. The first kappa shape index (κ1) is 12.2. The molecule has 3 rings (SSSR count). The highest BCUT2D eigenvalue weighted by Gasteiger charge is 2.16. The first-order chi connectivity index (χ1) is 9.38. The van der Waals surface area contributed by atoms with E-state index in [0.717, 1.165) is 24.3 Å². The van der Waals surface area contributed by atoms with Gasteiger partial charge in [-0.1, -0.05) is 18.2 Å². The van der Waals surface area contributed by atoms with Gasteiger partial charge in [-0.25, -0.2) is 0 Å². The topological polar surface area (TPSA) is 36.4 Å². The molecule has 1 N–H and O–H groups in total. The van der Waals surface area contributed by atoms with Gasteiger partial charge in [-0.05, 0) is 43.0 Å². The summed E-state index contributed by atoms with van der Waals surface area (Å²) < 4.78 is 0. The van der Waals surface area contributed by atoms with Crippen LogP contribution in [0.3, 0.4) is 0 Å². The Morgan fingerprint density at radius 3 is 2.95 bits per heavy atom. The Morgan fingerprint density at radius 2 is 2.05 bits per heavy atom. The number of aromatic nitrogens is 1. The Labute approximate surface area is 113 Å². The number of fused-ring (bicyclic) bond motifs is 1. The predicted molar refractivity (Wildman–Crippen MR) is 76.5 cm³/mol. The lowest BCUT2D eigenvalue weighted by atomic mass is 10.1. The van der Waals surface area contributed by atoms with E-state index in [2.05, 4.69) is 34.1 Å². The van der Waals surface area contributed by atoms with E-state index in [-0.39, 0.29) is 6.61 Å². The Bertz CT molecular complexity index is 568. The lowest BCUT2D eigenvalue weighted by Crippen LogP contribution is -2.18. The third kappa shape index (κ3) is 2.47. The fraction of sp³-hybridized carbons (Fsp3) is 0.312. The van der Waals surface area contributed by atoms with Gasteiger partial charge in [0.1, 0.15) is 0 Å². The molecule has 19 heavy (non-hydrogen) atoms. The minimum absolute atomic E-state index is 0.0106. The molecule has 0 saturated heterocycles. The zero-order valence-corrected chi connectivity index (χ0v) is 10.9. The van der Waals surface area contributed by atoms with Gasteiger partial charge in [0.2, 0.25) is 0 Å². The van der Waals surface area contributed by atoms with E-state index in [4.69, 9.17) is 0 Å². The fourth-order valence-electron chi connectivity index (χ4n) is 2.68. The number of benzene rings is 1. The van der Waals surface area contributed by atoms with Crippen LogP contribution < -0.4 is 4.90 Å². The average Bonchev–Trinajstić information content (AvgIpc) is 2.69. The van der Waals surface area contributed by atoms with Gasteiger partial charge < -0.3 is 10.0 Å². The summed E-state index contributed by atoms with van der Waals surface area (Å²) in [5.41, 5.74) is 4.53. The maximum atomic E-state index is 9.23. The van der Waals surface area contributed by atoms with Crippen molar-refractivity contribution in [1.82, 2.24) is 4.98 Å². The summed E-state index contributed by atoms with van der Waals surface area (Å²) in [6.45, 7) is 1.01. The van der Waals surface area contributed by atoms with Crippen LogP contribution in [0.2, 0.25) is 0 Å². The molecule has 1 aliphatic heterocycles. The molecule has 0 spiro atoms. The number of aryl methyl sites for hydroxylation is 1. The first-order valence-electron chi connectivity index (χ1n) is 6.80. The summed E-state index contributed by atoms with van der Waals surface area (Å²) in [7, 11) is 0. The Morgan fingerprint density at radius 1 is 1.16 bits per heavy atom. The van der Waals surface area contributed by atoms with E-state index in [1.807, 2.05) is 12.1 Å². The SMILES string of the molecule is OCc1cc(N2CCCCc3ccccc32)ccn1. The second kappa shape index (κ2) is 5.41. The molecule has 3 nitrogen and oxygen atoms in total. The second-order valence-corrected chi connectivity index (χ2v) is 4.90.